The number of hydrogen-bond donors (Lipinski definition) is 1. The molecule has 2 aromatic carbocycles. The van der Waals surface area contributed by atoms with Gasteiger partial charge in [0.05, 0.1) is 20.3 Å². The Kier molecular flexibility index (Phi) is 8.45. The van der Waals surface area contributed by atoms with E-state index in [-0.39, 0.29) is 25.5 Å². The van der Waals surface area contributed by atoms with Crippen molar-refractivity contribution in [2.24, 2.45) is 5.41 Å². The normalized spacial score (nSPS) is 24.2. The number of benzene rings is 2. The molecule has 3 aliphatic heterocycles. The number of carbonyl (C=O) groups is 3. The molecule has 0 saturated carbocycles. The van der Waals surface area contributed by atoms with E-state index in [1.165, 1.54) is 12.0 Å². The van der Waals surface area contributed by atoms with Crippen LogP contribution in [0, 0.1) is 5.41 Å². The molecule has 8 nitrogen and oxygen atoms in total. The zero-order valence-electron chi connectivity index (χ0n) is 23.4. The maximum absolute atomic E-state index is 14.0. The van der Waals surface area contributed by atoms with Gasteiger partial charge in [0.2, 0.25) is 5.91 Å². The average molecular weight is 535 g/mol. The van der Waals surface area contributed by atoms with E-state index >= 15 is 0 Å². The zero-order valence-corrected chi connectivity index (χ0v) is 23.4. The number of methoxy groups -OCH3 is 2. The summed E-state index contributed by atoms with van der Waals surface area (Å²) in [7, 11) is 2.89. The average Bonchev–Trinajstić information content (AvgIpc) is 3.33. The number of allylic oxidation sites excluding steroid dienone is 1. The Morgan fingerprint density at radius 2 is 1.79 bits per heavy atom. The van der Waals surface area contributed by atoms with E-state index in [0.717, 1.165) is 28.7 Å². The molecule has 0 unspecified atom stereocenters. The van der Waals surface area contributed by atoms with Crippen LogP contribution in [0.4, 0.5) is 4.79 Å². The van der Waals surface area contributed by atoms with Crippen LogP contribution in [0.5, 0.6) is 0 Å². The van der Waals surface area contributed by atoms with Crippen molar-refractivity contribution in [3.63, 3.8) is 0 Å². The van der Waals surface area contributed by atoms with Gasteiger partial charge in [-0.05, 0) is 40.5 Å². The monoisotopic (exact) mass is 534 g/mol. The molecule has 0 aromatic heterocycles. The molecule has 3 heterocycles. The van der Waals surface area contributed by atoms with Gasteiger partial charge in [-0.25, -0.2) is 9.59 Å². The zero-order chi connectivity index (χ0) is 28.2. The Hall–Kier alpha value is -3.65. The molecule has 3 aliphatic rings. The first kappa shape index (κ1) is 28.4. The molecular formula is C31H38N2O6. The fourth-order valence-corrected chi connectivity index (χ4v) is 5.33. The van der Waals surface area contributed by atoms with Crippen molar-refractivity contribution in [2.45, 2.75) is 57.7 Å². The predicted octanol–water partition coefficient (Wildman–Crippen LogP) is 4.92. The summed E-state index contributed by atoms with van der Waals surface area (Å²) in [4.78, 5) is 41.1. The minimum atomic E-state index is -0.932. The number of rotatable bonds is 2. The third-order valence-corrected chi connectivity index (χ3v) is 7.58. The number of carbonyl (C=O) groups excluding carboxylic acids is 3. The lowest BCUT2D eigenvalue weighted by atomic mass is 9.85. The Balaban J connectivity index is 1.80. The van der Waals surface area contributed by atoms with Gasteiger partial charge in [0, 0.05) is 13.5 Å². The highest BCUT2D eigenvalue weighted by atomic mass is 16.5. The summed E-state index contributed by atoms with van der Waals surface area (Å²) >= 11 is 0. The van der Waals surface area contributed by atoms with E-state index in [2.05, 4.69) is 29.6 Å². The molecule has 0 aliphatic carbocycles. The third-order valence-electron chi connectivity index (χ3n) is 7.58. The number of fused-ring (bicyclic) bond motifs is 10. The number of esters is 1. The van der Waals surface area contributed by atoms with Gasteiger partial charge in [-0.1, -0.05) is 81.5 Å². The van der Waals surface area contributed by atoms with Crippen molar-refractivity contribution in [1.29, 1.82) is 0 Å². The molecule has 2 aromatic rings. The second-order valence-corrected chi connectivity index (χ2v) is 11.2. The van der Waals surface area contributed by atoms with Crippen LogP contribution in [-0.2, 0) is 29.4 Å². The molecular weight excluding hydrogens is 496 g/mol. The van der Waals surface area contributed by atoms with Gasteiger partial charge in [0.25, 0.3) is 0 Å². The van der Waals surface area contributed by atoms with Crippen LogP contribution in [0.2, 0.25) is 0 Å². The van der Waals surface area contributed by atoms with Crippen LogP contribution in [0.3, 0.4) is 0 Å². The molecule has 3 atom stereocenters. The standard InChI is InChI=1S/C31H38N2O6/c1-30(2,3)26-27(34)33-20-31(38-5,19-25(33)28(35)37-4)23-16-14-22(15-17-23)24-13-9-8-12-21(24)11-7-6-10-18-39-29(36)32-26/h7-9,11-17,25-26H,6,10,18-20H2,1-5H3,(H,32,36)/t25-,26+,31-/m0/s1. The van der Waals surface area contributed by atoms with Crippen molar-refractivity contribution in [1.82, 2.24) is 10.2 Å². The largest absolute Gasteiger partial charge is 0.467 e. The second kappa shape index (κ2) is 11.6. The van der Waals surface area contributed by atoms with Crippen molar-refractivity contribution < 1.29 is 28.6 Å². The van der Waals surface area contributed by atoms with Crippen molar-refractivity contribution in [3.8, 4) is 11.1 Å². The molecule has 1 fully saturated rings. The highest BCUT2D eigenvalue weighted by molar-refractivity contribution is 5.91. The topological polar surface area (TPSA) is 94.2 Å². The molecule has 1 saturated heterocycles. The van der Waals surface area contributed by atoms with Gasteiger partial charge >= 0.3 is 12.1 Å². The Morgan fingerprint density at radius 3 is 2.46 bits per heavy atom. The molecule has 8 heteroatoms. The Morgan fingerprint density at radius 1 is 1.08 bits per heavy atom. The number of hydrogen-bond acceptors (Lipinski definition) is 6. The van der Waals surface area contributed by atoms with E-state index in [1.807, 2.05) is 57.2 Å². The first-order chi connectivity index (χ1) is 18.6. The summed E-state index contributed by atoms with van der Waals surface area (Å²) in [5.41, 5.74) is 2.49. The minimum Gasteiger partial charge on any atom is -0.467 e. The maximum atomic E-state index is 14.0. The SMILES string of the molecule is COC(=O)[C@@H]1C[C@]2(OC)CN1C(=O)[C@H](C(C)(C)C)NC(=O)OCCCC=Cc1ccccc1-c1ccc2cc1. The maximum Gasteiger partial charge on any atom is 0.407 e. The van der Waals surface area contributed by atoms with Crippen molar-refractivity contribution in [3.05, 3.63) is 65.7 Å². The van der Waals surface area contributed by atoms with Crippen LogP contribution in [-0.4, -0.2) is 62.3 Å². The lowest BCUT2D eigenvalue weighted by molar-refractivity contribution is -0.152. The molecule has 1 N–H and O–H groups in total. The minimum absolute atomic E-state index is 0.129. The van der Waals surface area contributed by atoms with E-state index in [0.29, 0.717) is 6.42 Å². The molecule has 0 radical (unpaired) electrons. The summed E-state index contributed by atoms with van der Waals surface area (Å²) < 4.78 is 16.6. The second-order valence-electron chi connectivity index (χ2n) is 11.2. The first-order valence-electron chi connectivity index (χ1n) is 13.3. The molecule has 4 bridgehead atoms. The van der Waals surface area contributed by atoms with Crippen molar-refractivity contribution in [2.75, 3.05) is 27.4 Å². The number of amides is 2. The number of nitrogens with zero attached hydrogens (tertiary/aromatic N) is 1. The summed E-state index contributed by atoms with van der Waals surface area (Å²) in [6.45, 7) is 5.92. The lowest BCUT2D eigenvalue weighted by Gasteiger charge is -2.35. The summed E-state index contributed by atoms with van der Waals surface area (Å²) in [5.74, 6) is -0.919. The quantitative estimate of drug-likeness (QED) is 0.550. The molecule has 39 heavy (non-hydrogen) atoms. The van der Waals surface area contributed by atoms with Gasteiger partial charge in [0.15, 0.2) is 0 Å². The Bertz CT molecular complexity index is 1230. The molecule has 5 rings (SSSR count). The Labute approximate surface area is 230 Å². The van der Waals surface area contributed by atoms with E-state index < -0.39 is 35.2 Å². The first-order valence-corrected chi connectivity index (χ1v) is 13.3. The van der Waals surface area contributed by atoms with Crippen LogP contribution in [0.1, 0.15) is 51.2 Å². The van der Waals surface area contributed by atoms with Gasteiger partial charge in [0.1, 0.15) is 17.7 Å². The molecule has 208 valence electrons. The van der Waals surface area contributed by atoms with Crippen LogP contribution < -0.4 is 5.32 Å². The number of nitrogens with one attached hydrogen (secondary N) is 1. The highest BCUT2D eigenvalue weighted by Crippen LogP contribution is 2.41. The van der Waals surface area contributed by atoms with Crippen LogP contribution in [0.25, 0.3) is 17.2 Å². The van der Waals surface area contributed by atoms with E-state index in [9.17, 15) is 14.4 Å². The van der Waals surface area contributed by atoms with E-state index in [1.54, 1.807) is 7.11 Å². The highest BCUT2D eigenvalue weighted by Gasteiger charge is 2.53. The predicted molar refractivity (Wildman–Crippen MR) is 149 cm³/mol. The van der Waals surface area contributed by atoms with Crippen LogP contribution >= 0.6 is 0 Å². The summed E-state index contributed by atoms with van der Waals surface area (Å²) in [6.07, 6.45) is 5.08. The third kappa shape index (κ3) is 6.01. The van der Waals surface area contributed by atoms with E-state index in [4.69, 9.17) is 14.2 Å². The van der Waals surface area contributed by atoms with Gasteiger partial charge < -0.3 is 24.4 Å². The fourth-order valence-electron chi connectivity index (χ4n) is 5.33. The summed E-state index contributed by atoms with van der Waals surface area (Å²) in [5, 5.41) is 2.76. The smallest absolute Gasteiger partial charge is 0.407 e. The summed E-state index contributed by atoms with van der Waals surface area (Å²) in [6, 6.07) is 14.4. The molecule has 2 amide bonds. The van der Waals surface area contributed by atoms with Crippen LogP contribution in [0.15, 0.2) is 54.6 Å². The number of alkyl carbamates (subject to hydrolysis) is 1. The van der Waals surface area contributed by atoms with Gasteiger partial charge in [-0.15, -0.1) is 0 Å². The number of ether oxygens (including phenoxy) is 3. The van der Waals surface area contributed by atoms with Gasteiger partial charge in [-0.2, -0.15) is 0 Å². The van der Waals surface area contributed by atoms with Gasteiger partial charge in [-0.3, -0.25) is 4.79 Å². The lowest BCUT2D eigenvalue weighted by Crippen LogP contribution is -2.57. The molecule has 0 spiro atoms. The fraction of sp³-hybridized carbons (Fsp3) is 0.452. The van der Waals surface area contributed by atoms with Crippen molar-refractivity contribution >= 4 is 24.0 Å².